The summed E-state index contributed by atoms with van der Waals surface area (Å²) in [4.78, 5) is 17.4. The number of alkyl halides is 3. The number of aryl methyl sites for hydroxylation is 1. The van der Waals surface area contributed by atoms with Crippen LogP contribution in [0.2, 0.25) is 5.02 Å². The van der Waals surface area contributed by atoms with E-state index < -0.39 is 27.3 Å². The van der Waals surface area contributed by atoms with Crippen LogP contribution in [0.25, 0.3) is 11.3 Å². The van der Waals surface area contributed by atoms with E-state index in [1.54, 1.807) is 10.7 Å². The molecule has 1 saturated carbocycles. The fraction of sp³-hybridized carbons (Fsp3) is 0.667. The van der Waals surface area contributed by atoms with Gasteiger partial charge in [0.05, 0.1) is 21.4 Å². The number of rotatable bonds is 9. The Morgan fingerprint density at radius 3 is 2.33 bits per heavy atom. The number of carbonyl (C=O) groups is 1. The van der Waals surface area contributed by atoms with Crippen LogP contribution in [-0.4, -0.2) is 53.3 Å². The van der Waals surface area contributed by atoms with E-state index in [2.05, 4.69) is 15.4 Å². The van der Waals surface area contributed by atoms with Gasteiger partial charge in [0, 0.05) is 43.2 Å². The second kappa shape index (κ2) is 11.8. The minimum absolute atomic E-state index is 0.0497. The van der Waals surface area contributed by atoms with Crippen molar-refractivity contribution in [3.05, 3.63) is 34.2 Å². The molecule has 0 atom stereocenters. The predicted octanol–water partition coefficient (Wildman–Crippen LogP) is 6.21. The van der Waals surface area contributed by atoms with Crippen LogP contribution < -0.4 is 5.32 Å². The van der Waals surface area contributed by atoms with E-state index in [1.807, 2.05) is 20.8 Å². The van der Waals surface area contributed by atoms with Crippen molar-refractivity contribution < 1.29 is 26.4 Å². The molecule has 39 heavy (non-hydrogen) atoms. The quantitative estimate of drug-likeness (QED) is 0.375. The van der Waals surface area contributed by atoms with Crippen LogP contribution >= 0.6 is 11.6 Å². The van der Waals surface area contributed by atoms with E-state index in [0.717, 1.165) is 19.4 Å². The molecule has 1 N–H and O–H groups in total. The third kappa shape index (κ3) is 7.14. The smallest absolute Gasteiger partial charge is 0.350 e. The van der Waals surface area contributed by atoms with Crippen molar-refractivity contribution >= 4 is 27.3 Å². The van der Waals surface area contributed by atoms with E-state index in [1.165, 1.54) is 12.5 Å². The molecule has 0 radical (unpaired) electrons. The van der Waals surface area contributed by atoms with E-state index in [0.29, 0.717) is 55.7 Å². The number of sulfone groups is 1. The lowest BCUT2D eigenvalue weighted by Crippen LogP contribution is -2.34. The zero-order valence-corrected chi connectivity index (χ0v) is 24.9. The summed E-state index contributed by atoms with van der Waals surface area (Å²) in [6, 6.07) is 1.68. The van der Waals surface area contributed by atoms with Gasteiger partial charge in [-0.3, -0.25) is 14.5 Å². The molecule has 0 spiro atoms. The summed E-state index contributed by atoms with van der Waals surface area (Å²) >= 11 is 6.72. The van der Waals surface area contributed by atoms with Crippen molar-refractivity contribution in [2.45, 2.75) is 90.6 Å². The fourth-order valence-corrected chi connectivity index (χ4v) is 6.45. The lowest BCUT2D eigenvalue weighted by atomic mass is 9.85. The normalized spacial score (nSPS) is 18.9. The number of nitrogens with zero attached hydrogens (tertiary/aromatic N) is 3. The Morgan fingerprint density at radius 2 is 1.82 bits per heavy atom. The molecule has 2 aromatic heterocycles. The standard InChI is InChI=1S/C27H38ClF3N4O3S/c1-7-35-24(21-15-32-18(12-20(21)16(2)3)13-26(4,5)27(29,30)31)22(28)23(34-35)25(36)33-14-17-8-10-19(11-9-17)39(6,37)38/h12,15-17,19H,7-11,13-14H2,1-6H3,(H,33,36)/t17-,19-. The monoisotopic (exact) mass is 590 g/mol. The maximum absolute atomic E-state index is 13.5. The molecule has 3 rings (SSSR count). The van der Waals surface area contributed by atoms with Crippen LogP contribution in [0.3, 0.4) is 0 Å². The summed E-state index contributed by atoms with van der Waals surface area (Å²) in [6.07, 6.45) is 0.727. The van der Waals surface area contributed by atoms with Crippen LogP contribution in [-0.2, 0) is 22.8 Å². The summed E-state index contributed by atoms with van der Waals surface area (Å²) in [5.74, 6) is -0.309. The van der Waals surface area contributed by atoms with Gasteiger partial charge in [-0.05, 0) is 56.1 Å². The van der Waals surface area contributed by atoms with Gasteiger partial charge in [-0.2, -0.15) is 18.3 Å². The van der Waals surface area contributed by atoms with Crippen molar-refractivity contribution in [2.24, 2.45) is 11.3 Å². The van der Waals surface area contributed by atoms with Crippen molar-refractivity contribution in [2.75, 3.05) is 12.8 Å². The summed E-state index contributed by atoms with van der Waals surface area (Å²) in [5.41, 5.74) is 0.340. The molecule has 1 aliphatic rings. The third-order valence-corrected chi connectivity index (χ3v) is 9.66. The Bertz CT molecular complexity index is 1300. The molecule has 0 aliphatic heterocycles. The van der Waals surface area contributed by atoms with Gasteiger partial charge in [-0.25, -0.2) is 8.42 Å². The number of hydrogen-bond donors (Lipinski definition) is 1. The van der Waals surface area contributed by atoms with Gasteiger partial charge < -0.3 is 5.32 Å². The highest BCUT2D eigenvalue weighted by molar-refractivity contribution is 7.91. The Hall–Kier alpha value is -2.14. The SMILES string of the molecule is CCn1nc(C(=O)NC[C@H]2CC[C@H](S(C)(=O)=O)CC2)c(Cl)c1-c1cnc(CC(C)(C)C(F)(F)F)cc1C(C)C. The van der Waals surface area contributed by atoms with Gasteiger partial charge in [-0.1, -0.05) is 39.3 Å². The summed E-state index contributed by atoms with van der Waals surface area (Å²) in [6.45, 7) is 8.85. The van der Waals surface area contributed by atoms with Gasteiger partial charge >= 0.3 is 6.18 Å². The molecule has 1 aliphatic carbocycles. The molecule has 0 saturated heterocycles. The van der Waals surface area contributed by atoms with Crippen molar-refractivity contribution in [1.82, 2.24) is 20.1 Å². The Kier molecular flexibility index (Phi) is 9.47. The second-order valence-corrected chi connectivity index (χ2v) is 14.2. The van der Waals surface area contributed by atoms with Crippen LogP contribution in [0.15, 0.2) is 12.3 Å². The number of nitrogens with one attached hydrogen (secondary N) is 1. The molecule has 218 valence electrons. The molecule has 0 unspecified atom stereocenters. The number of pyridine rings is 1. The Morgan fingerprint density at radius 1 is 1.21 bits per heavy atom. The summed E-state index contributed by atoms with van der Waals surface area (Å²) < 4.78 is 65.7. The van der Waals surface area contributed by atoms with E-state index in [9.17, 15) is 26.4 Å². The first-order valence-electron chi connectivity index (χ1n) is 13.3. The Balaban J connectivity index is 1.84. The van der Waals surface area contributed by atoms with Crippen molar-refractivity contribution in [3.8, 4) is 11.3 Å². The first kappa shape index (κ1) is 31.4. The molecule has 12 heteroatoms. The highest BCUT2D eigenvalue weighted by Crippen LogP contribution is 2.41. The van der Waals surface area contributed by atoms with E-state index >= 15 is 0 Å². The molecule has 1 amide bonds. The molecule has 2 heterocycles. The van der Waals surface area contributed by atoms with Crippen LogP contribution in [0.5, 0.6) is 0 Å². The molecular weight excluding hydrogens is 553 g/mol. The van der Waals surface area contributed by atoms with E-state index in [4.69, 9.17) is 11.6 Å². The average molecular weight is 591 g/mol. The molecule has 0 bridgehead atoms. The fourth-order valence-electron chi connectivity index (χ4n) is 5.00. The molecule has 0 aromatic carbocycles. The van der Waals surface area contributed by atoms with E-state index in [-0.39, 0.29) is 34.2 Å². The lowest BCUT2D eigenvalue weighted by Gasteiger charge is -2.27. The predicted molar refractivity (Wildman–Crippen MR) is 147 cm³/mol. The van der Waals surface area contributed by atoms with Gasteiger partial charge in [0.2, 0.25) is 0 Å². The van der Waals surface area contributed by atoms with Gasteiger partial charge in [0.15, 0.2) is 5.69 Å². The highest BCUT2D eigenvalue weighted by atomic mass is 35.5. The largest absolute Gasteiger partial charge is 0.394 e. The topological polar surface area (TPSA) is 94.0 Å². The lowest BCUT2D eigenvalue weighted by molar-refractivity contribution is -0.211. The first-order chi connectivity index (χ1) is 18.0. The number of amides is 1. The number of halogens is 4. The number of hydrogen-bond acceptors (Lipinski definition) is 5. The van der Waals surface area contributed by atoms with Crippen molar-refractivity contribution in [3.63, 3.8) is 0 Å². The molecule has 7 nitrogen and oxygen atoms in total. The van der Waals surface area contributed by atoms with Crippen molar-refractivity contribution in [1.29, 1.82) is 0 Å². The van der Waals surface area contributed by atoms with Gasteiger partial charge in [0.25, 0.3) is 5.91 Å². The minimum atomic E-state index is -4.37. The minimum Gasteiger partial charge on any atom is -0.350 e. The molecule has 2 aromatic rings. The highest BCUT2D eigenvalue weighted by Gasteiger charge is 2.47. The average Bonchev–Trinajstić information content (AvgIpc) is 3.17. The summed E-state index contributed by atoms with van der Waals surface area (Å²) in [5, 5.41) is 7.17. The summed E-state index contributed by atoms with van der Waals surface area (Å²) in [7, 11) is -3.06. The van der Waals surface area contributed by atoms with Gasteiger partial charge in [0.1, 0.15) is 9.84 Å². The van der Waals surface area contributed by atoms with Gasteiger partial charge in [-0.15, -0.1) is 0 Å². The second-order valence-electron chi connectivity index (χ2n) is 11.5. The zero-order chi connectivity index (χ0) is 29.3. The third-order valence-electron chi connectivity index (χ3n) is 7.62. The zero-order valence-electron chi connectivity index (χ0n) is 23.3. The molecular formula is C27H38ClF3N4O3S. The maximum atomic E-state index is 13.5. The maximum Gasteiger partial charge on any atom is 0.394 e. The number of aromatic nitrogens is 3. The first-order valence-corrected chi connectivity index (χ1v) is 15.6. The van der Waals surface area contributed by atoms with Crippen LogP contribution in [0.4, 0.5) is 13.2 Å². The molecule has 1 fully saturated rings. The Labute approximate surface area is 233 Å². The van der Waals surface area contributed by atoms with Crippen LogP contribution in [0, 0.1) is 11.3 Å². The van der Waals surface area contributed by atoms with Crippen LogP contribution in [0.1, 0.15) is 88.0 Å². The number of carbonyl (C=O) groups excluding carboxylic acids is 1.